The summed E-state index contributed by atoms with van der Waals surface area (Å²) in [6, 6.07) is 16.7. The number of amides is 1. The van der Waals surface area contributed by atoms with Crippen LogP contribution in [0.25, 0.3) is 6.08 Å². The van der Waals surface area contributed by atoms with Crippen molar-refractivity contribution in [2.45, 2.75) is 11.4 Å². The standard InChI is InChI=1S/C23H23ClN2O5S/c1-26(14-16-31-22-7-3-2-6-21(22)24)23(27)13-10-18-8-11-20(12-9-18)32(28,29)25-17-19-5-4-15-30-19/h2-13,15,25H,14,16-17H2,1H3/b13-10+. The first-order valence-corrected chi connectivity index (χ1v) is 11.6. The van der Waals surface area contributed by atoms with Gasteiger partial charge in [0, 0.05) is 13.1 Å². The number of benzene rings is 2. The van der Waals surface area contributed by atoms with Gasteiger partial charge in [-0.25, -0.2) is 13.1 Å². The average molecular weight is 475 g/mol. The van der Waals surface area contributed by atoms with Crippen LogP contribution in [-0.2, 0) is 21.4 Å². The maximum absolute atomic E-state index is 12.4. The lowest BCUT2D eigenvalue weighted by Gasteiger charge is -2.16. The Morgan fingerprint density at radius 3 is 2.56 bits per heavy atom. The highest BCUT2D eigenvalue weighted by atomic mass is 35.5. The zero-order valence-electron chi connectivity index (χ0n) is 17.4. The number of rotatable bonds is 10. The summed E-state index contributed by atoms with van der Waals surface area (Å²) in [6.07, 6.45) is 4.53. The van der Waals surface area contributed by atoms with Crippen LogP contribution in [0.4, 0.5) is 0 Å². The molecule has 1 heterocycles. The van der Waals surface area contributed by atoms with Crippen molar-refractivity contribution >= 4 is 33.6 Å². The van der Waals surface area contributed by atoms with Gasteiger partial charge in [-0.2, -0.15) is 0 Å². The lowest BCUT2D eigenvalue weighted by molar-refractivity contribution is -0.125. The van der Waals surface area contributed by atoms with Crippen LogP contribution in [0.3, 0.4) is 0 Å². The molecule has 2 aromatic carbocycles. The molecule has 0 aliphatic carbocycles. The van der Waals surface area contributed by atoms with Crippen LogP contribution in [0.5, 0.6) is 5.75 Å². The number of hydrogen-bond donors (Lipinski definition) is 1. The first-order valence-electron chi connectivity index (χ1n) is 9.78. The molecule has 9 heteroatoms. The molecule has 0 fully saturated rings. The molecule has 168 valence electrons. The Morgan fingerprint density at radius 1 is 1.12 bits per heavy atom. The molecule has 0 aliphatic heterocycles. The van der Waals surface area contributed by atoms with Gasteiger partial charge in [-0.1, -0.05) is 35.9 Å². The quantitative estimate of drug-likeness (QED) is 0.449. The van der Waals surface area contributed by atoms with Crippen molar-refractivity contribution in [2.24, 2.45) is 0 Å². The van der Waals surface area contributed by atoms with Gasteiger partial charge in [0.25, 0.3) is 0 Å². The summed E-state index contributed by atoms with van der Waals surface area (Å²) in [7, 11) is -2.00. The highest BCUT2D eigenvalue weighted by molar-refractivity contribution is 7.89. The Labute approximate surface area is 192 Å². The van der Waals surface area contributed by atoms with Crippen molar-refractivity contribution in [3.05, 3.63) is 89.3 Å². The molecule has 1 amide bonds. The largest absolute Gasteiger partial charge is 0.490 e. The second kappa shape index (κ2) is 11.0. The van der Waals surface area contributed by atoms with Crippen molar-refractivity contribution in [1.29, 1.82) is 0 Å². The van der Waals surface area contributed by atoms with Crippen LogP contribution in [0.15, 0.2) is 82.3 Å². The van der Waals surface area contributed by atoms with E-state index >= 15 is 0 Å². The molecular formula is C23H23ClN2O5S. The van der Waals surface area contributed by atoms with E-state index < -0.39 is 10.0 Å². The third kappa shape index (κ3) is 6.71. The lowest BCUT2D eigenvalue weighted by Crippen LogP contribution is -2.29. The van der Waals surface area contributed by atoms with Crippen LogP contribution in [0, 0.1) is 0 Å². The number of nitrogens with one attached hydrogen (secondary N) is 1. The molecule has 32 heavy (non-hydrogen) atoms. The second-order valence-corrected chi connectivity index (χ2v) is 9.02. The Morgan fingerprint density at radius 2 is 1.88 bits per heavy atom. The van der Waals surface area contributed by atoms with Crippen molar-refractivity contribution in [1.82, 2.24) is 9.62 Å². The molecule has 0 saturated carbocycles. The Bertz CT molecular complexity index is 1160. The Kier molecular flexibility index (Phi) is 8.10. The molecule has 0 radical (unpaired) electrons. The van der Waals surface area contributed by atoms with Crippen LogP contribution < -0.4 is 9.46 Å². The van der Waals surface area contributed by atoms with Gasteiger partial charge < -0.3 is 14.1 Å². The number of hydrogen-bond acceptors (Lipinski definition) is 5. The molecule has 0 bridgehead atoms. The molecule has 7 nitrogen and oxygen atoms in total. The minimum absolute atomic E-state index is 0.0675. The topological polar surface area (TPSA) is 88.8 Å². The zero-order chi connectivity index (χ0) is 23.0. The third-order valence-corrected chi connectivity index (χ3v) is 6.25. The summed E-state index contributed by atoms with van der Waals surface area (Å²) in [5.74, 6) is 0.886. The summed E-state index contributed by atoms with van der Waals surface area (Å²) in [6.45, 7) is 0.752. The normalized spacial score (nSPS) is 11.6. The third-order valence-electron chi connectivity index (χ3n) is 4.52. The summed E-state index contributed by atoms with van der Waals surface area (Å²) >= 11 is 6.04. The summed E-state index contributed by atoms with van der Waals surface area (Å²) < 4.78 is 37.9. The molecule has 1 N–H and O–H groups in total. The molecule has 0 atom stereocenters. The van der Waals surface area contributed by atoms with Gasteiger partial charge in [-0.05, 0) is 48.0 Å². The number of ether oxygens (including phenoxy) is 1. The molecule has 0 spiro atoms. The van der Waals surface area contributed by atoms with Gasteiger partial charge >= 0.3 is 0 Å². The van der Waals surface area contributed by atoms with Gasteiger partial charge in [0.1, 0.15) is 18.1 Å². The number of furan rings is 1. The fourth-order valence-electron chi connectivity index (χ4n) is 2.68. The van der Waals surface area contributed by atoms with E-state index in [1.807, 2.05) is 12.1 Å². The maximum Gasteiger partial charge on any atom is 0.246 e. The van der Waals surface area contributed by atoms with Crippen LogP contribution >= 0.6 is 11.6 Å². The second-order valence-electron chi connectivity index (χ2n) is 6.84. The number of likely N-dealkylation sites (N-methyl/N-ethyl adjacent to an activating group) is 1. The minimum atomic E-state index is -3.67. The van der Waals surface area contributed by atoms with E-state index in [9.17, 15) is 13.2 Å². The highest BCUT2D eigenvalue weighted by Gasteiger charge is 2.14. The van der Waals surface area contributed by atoms with Crippen LogP contribution in [0.1, 0.15) is 11.3 Å². The number of halogens is 1. The zero-order valence-corrected chi connectivity index (χ0v) is 19.0. The van der Waals surface area contributed by atoms with Crippen molar-refractivity contribution in [3.63, 3.8) is 0 Å². The number of carbonyl (C=O) groups is 1. The average Bonchev–Trinajstić information content (AvgIpc) is 3.31. The molecule has 1 aromatic heterocycles. The van der Waals surface area contributed by atoms with Crippen molar-refractivity contribution < 1.29 is 22.4 Å². The maximum atomic E-state index is 12.4. The predicted molar refractivity (Wildman–Crippen MR) is 123 cm³/mol. The first kappa shape index (κ1) is 23.6. The fraction of sp³-hybridized carbons (Fsp3) is 0.174. The highest BCUT2D eigenvalue weighted by Crippen LogP contribution is 2.22. The number of sulfonamides is 1. The van der Waals surface area contributed by atoms with E-state index in [0.29, 0.717) is 35.2 Å². The molecule has 0 aliphatic rings. The first-order chi connectivity index (χ1) is 15.3. The number of carbonyl (C=O) groups excluding carboxylic acids is 1. The number of nitrogens with zero attached hydrogens (tertiary/aromatic N) is 1. The van der Waals surface area contributed by atoms with E-state index in [0.717, 1.165) is 0 Å². The molecule has 3 aromatic rings. The minimum Gasteiger partial charge on any atom is -0.490 e. The predicted octanol–water partition coefficient (Wildman–Crippen LogP) is 3.96. The van der Waals surface area contributed by atoms with Crippen molar-refractivity contribution in [2.75, 3.05) is 20.2 Å². The molecule has 3 rings (SSSR count). The van der Waals surface area contributed by atoms with E-state index in [1.54, 1.807) is 49.5 Å². The van der Waals surface area contributed by atoms with E-state index in [2.05, 4.69) is 4.72 Å². The van der Waals surface area contributed by atoms with E-state index in [1.165, 1.54) is 29.4 Å². The molecule has 0 saturated heterocycles. The van der Waals surface area contributed by atoms with Gasteiger partial charge in [0.15, 0.2) is 0 Å². The fourth-order valence-corrected chi connectivity index (χ4v) is 3.86. The molecule has 0 unspecified atom stereocenters. The van der Waals surface area contributed by atoms with E-state index in [-0.39, 0.29) is 17.3 Å². The summed E-state index contributed by atoms with van der Waals surface area (Å²) in [5.41, 5.74) is 0.698. The summed E-state index contributed by atoms with van der Waals surface area (Å²) in [5, 5.41) is 0.517. The monoisotopic (exact) mass is 474 g/mol. The SMILES string of the molecule is CN(CCOc1ccccc1Cl)C(=O)/C=C/c1ccc(S(=O)(=O)NCc2ccco2)cc1. The molecular weight excluding hydrogens is 452 g/mol. The van der Waals surface area contributed by atoms with E-state index in [4.69, 9.17) is 20.8 Å². The lowest BCUT2D eigenvalue weighted by atomic mass is 10.2. The van der Waals surface area contributed by atoms with Gasteiger partial charge in [-0.15, -0.1) is 0 Å². The number of para-hydroxylation sites is 1. The van der Waals surface area contributed by atoms with Gasteiger partial charge in [0.05, 0.1) is 29.3 Å². The Balaban J connectivity index is 1.49. The smallest absolute Gasteiger partial charge is 0.246 e. The summed E-state index contributed by atoms with van der Waals surface area (Å²) in [4.78, 5) is 13.9. The van der Waals surface area contributed by atoms with Crippen molar-refractivity contribution in [3.8, 4) is 5.75 Å². The van der Waals surface area contributed by atoms with Gasteiger partial charge in [0.2, 0.25) is 15.9 Å². The van der Waals surface area contributed by atoms with Crippen LogP contribution in [0.2, 0.25) is 5.02 Å². The van der Waals surface area contributed by atoms with Gasteiger partial charge in [-0.3, -0.25) is 4.79 Å². The Hall–Kier alpha value is -3.07. The van der Waals surface area contributed by atoms with Crippen LogP contribution in [-0.4, -0.2) is 39.4 Å².